The van der Waals surface area contributed by atoms with Crippen LogP contribution in [0.5, 0.6) is 0 Å². The molecule has 0 bridgehead atoms. The molecular formula is C21H19F3N4OS. The molecule has 30 heavy (non-hydrogen) atoms. The normalized spacial score (nSPS) is 13.6. The van der Waals surface area contributed by atoms with Crippen molar-refractivity contribution in [1.82, 2.24) is 14.8 Å². The van der Waals surface area contributed by atoms with Gasteiger partial charge in [0, 0.05) is 23.5 Å². The zero-order chi connectivity index (χ0) is 21.1. The average molecular weight is 432 g/mol. The van der Waals surface area contributed by atoms with Crippen LogP contribution in [0.15, 0.2) is 41.3 Å². The lowest BCUT2D eigenvalue weighted by molar-refractivity contribution is -0.113. The van der Waals surface area contributed by atoms with Gasteiger partial charge in [-0.25, -0.2) is 13.2 Å². The second-order valence-electron chi connectivity index (χ2n) is 7.01. The van der Waals surface area contributed by atoms with Gasteiger partial charge in [-0.15, -0.1) is 22.0 Å². The summed E-state index contributed by atoms with van der Waals surface area (Å²) in [5.41, 5.74) is 0.704. The molecule has 1 aliphatic rings. The lowest BCUT2D eigenvalue weighted by atomic mass is 10.1. The third kappa shape index (κ3) is 4.51. The minimum Gasteiger partial charge on any atom is -0.325 e. The second kappa shape index (κ2) is 8.91. The van der Waals surface area contributed by atoms with E-state index in [1.54, 1.807) is 0 Å². The van der Waals surface area contributed by atoms with E-state index in [-0.39, 0.29) is 17.2 Å². The van der Waals surface area contributed by atoms with Gasteiger partial charge in [-0.05, 0) is 49.2 Å². The number of aromatic nitrogens is 3. The second-order valence-corrected chi connectivity index (χ2v) is 8.06. The smallest absolute Gasteiger partial charge is 0.234 e. The highest BCUT2D eigenvalue weighted by atomic mass is 32.2. The molecule has 0 radical (unpaired) electrons. The third-order valence-corrected chi connectivity index (χ3v) is 5.86. The van der Waals surface area contributed by atoms with Crippen LogP contribution in [-0.4, -0.2) is 26.4 Å². The van der Waals surface area contributed by atoms with Crippen LogP contribution in [0.1, 0.15) is 25.1 Å². The lowest BCUT2D eigenvalue weighted by Gasteiger charge is -2.10. The van der Waals surface area contributed by atoms with Crippen molar-refractivity contribution in [3.63, 3.8) is 0 Å². The van der Waals surface area contributed by atoms with Crippen LogP contribution in [0, 0.1) is 17.5 Å². The first-order valence-electron chi connectivity index (χ1n) is 9.61. The Balaban J connectivity index is 1.47. The summed E-state index contributed by atoms with van der Waals surface area (Å²) in [6.45, 7) is 0.735. The maximum Gasteiger partial charge on any atom is 0.234 e. The number of rotatable bonds is 5. The number of anilines is 1. The van der Waals surface area contributed by atoms with Gasteiger partial charge in [0.05, 0.1) is 11.3 Å². The van der Waals surface area contributed by atoms with Gasteiger partial charge in [0.25, 0.3) is 0 Å². The van der Waals surface area contributed by atoms with Crippen LogP contribution < -0.4 is 5.32 Å². The van der Waals surface area contributed by atoms with E-state index in [1.165, 1.54) is 24.3 Å². The number of carbonyl (C=O) groups is 1. The molecule has 0 unspecified atom stereocenters. The van der Waals surface area contributed by atoms with E-state index in [0.29, 0.717) is 16.4 Å². The Hall–Kier alpha value is -2.81. The number of carbonyl (C=O) groups excluding carboxylic acids is 1. The first-order chi connectivity index (χ1) is 14.5. The zero-order valence-corrected chi connectivity index (χ0v) is 16.8. The lowest BCUT2D eigenvalue weighted by Crippen LogP contribution is -2.14. The maximum atomic E-state index is 14.5. The van der Waals surface area contributed by atoms with E-state index in [2.05, 4.69) is 15.5 Å². The highest BCUT2D eigenvalue weighted by molar-refractivity contribution is 8.00. The molecular weight excluding hydrogens is 413 g/mol. The summed E-state index contributed by atoms with van der Waals surface area (Å²) in [5, 5.41) is 11.1. The molecule has 156 valence electrons. The van der Waals surface area contributed by atoms with Crippen LogP contribution >= 0.6 is 11.8 Å². The first-order valence-corrected chi connectivity index (χ1v) is 10.6. The van der Waals surface area contributed by atoms with Crippen molar-refractivity contribution in [2.24, 2.45) is 0 Å². The largest absolute Gasteiger partial charge is 0.325 e. The van der Waals surface area contributed by atoms with Crippen molar-refractivity contribution in [1.29, 1.82) is 0 Å². The summed E-state index contributed by atoms with van der Waals surface area (Å²) in [6.07, 6.45) is 3.92. The number of halogens is 3. The van der Waals surface area contributed by atoms with E-state index < -0.39 is 17.5 Å². The number of fused-ring (bicyclic) bond motifs is 1. The van der Waals surface area contributed by atoms with E-state index in [4.69, 9.17) is 0 Å². The van der Waals surface area contributed by atoms with Crippen LogP contribution in [0.3, 0.4) is 0 Å². The molecule has 1 amide bonds. The Morgan fingerprint density at radius 2 is 1.83 bits per heavy atom. The Labute approximate surface area is 175 Å². The first kappa shape index (κ1) is 20.5. The van der Waals surface area contributed by atoms with Gasteiger partial charge < -0.3 is 9.88 Å². The topological polar surface area (TPSA) is 59.8 Å². The molecule has 0 atom stereocenters. The fourth-order valence-electron chi connectivity index (χ4n) is 3.37. The van der Waals surface area contributed by atoms with Crippen LogP contribution in [0.4, 0.5) is 18.9 Å². The molecule has 1 aromatic heterocycles. The standard InChI is InChI=1S/C21H19F3N4OS/c22-16-7-5-13(25-20(29)12-30-14-6-8-17(23)18(24)11-14)10-15(16)21-27-26-19-4-2-1-3-9-28(19)21/h5-8,10-11H,1-4,9,12H2,(H,25,29). The molecule has 5 nitrogen and oxygen atoms in total. The van der Waals surface area contributed by atoms with Crippen molar-refractivity contribution in [3.05, 3.63) is 59.7 Å². The maximum absolute atomic E-state index is 14.5. The molecule has 4 rings (SSSR count). The van der Waals surface area contributed by atoms with Gasteiger partial charge in [0.2, 0.25) is 5.91 Å². The summed E-state index contributed by atoms with van der Waals surface area (Å²) >= 11 is 1.08. The van der Waals surface area contributed by atoms with Crippen molar-refractivity contribution in [3.8, 4) is 11.4 Å². The zero-order valence-electron chi connectivity index (χ0n) is 16.0. The van der Waals surface area contributed by atoms with Gasteiger partial charge in [-0.2, -0.15) is 0 Å². The summed E-state index contributed by atoms with van der Waals surface area (Å²) < 4.78 is 42.7. The predicted molar refractivity (Wildman–Crippen MR) is 109 cm³/mol. The summed E-state index contributed by atoms with van der Waals surface area (Å²) in [5.74, 6) is -1.38. The number of aryl methyl sites for hydroxylation is 1. The number of hydrogen-bond acceptors (Lipinski definition) is 4. The summed E-state index contributed by atoms with van der Waals surface area (Å²) in [4.78, 5) is 12.7. The van der Waals surface area contributed by atoms with Gasteiger partial charge >= 0.3 is 0 Å². The quantitative estimate of drug-likeness (QED) is 0.588. The Kier molecular flexibility index (Phi) is 6.08. The average Bonchev–Trinajstić information content (AvgIpc) is 2.98. The van der Waals surface area contributed by atoms with E-state index in [0.717, 1.165) is 61.9 Å². The number of amides is 1. The van der Waals surface area contributed by atoms with E-state index >= 15 is 0 Å². The van der Waals surface area contributed by atoms with Crippen molar-refractivity contribution in [2.75, 3.05) is 11.1 Å². The highest BCUT2D eigenvalue weighted by Gasteiger charge is 2.19. The SMILES string of the molecule is O=C(CSc1ccc(F)c(F)c1)Nc1ccc(F)c(-c2nnc3n2CCCCC3)c1. The fraction of sp³-hybridized carbons (Fsp3) is 0.286. The summed E-state index contributed by atoms with van der Waals surface area (Å²) in [6, 6.07) is 7.76. The summed E-state index contributed by atoms with van der Waals surface area (Å²) in [7, 11) is 0. The van der Waals surface area contributed by atoms with E-state index in [1.807, 2.05) is 4.57 Å². The van der Waals surface area contributed by atoms with Crippen LogP contribution in [-0.2, 0) is 17.8 Å². The van der Waals surface area contributed by atoms with Crippen molar-refractivity contribution < 1.29 is 18.0 Å². The van der Waals surface area contributed by atoms with Gasteiger partial charge in [0.1, 0.15) is 11.6 Å². The van der Waals surface area contributed by atoms with E-state index in [9.17, 15) is 18.0 Å². The van der Waals surface area contributed by atoms with Gasteiger partial charge in [-0.3, -0.25) is 4.79 Å². The number of hydrogen-bond donors (Lipinski definition) is 1. The highest BCUT2D eigenvalue weighted by Crippen LogP contribution is 2.28. The molecule has 9 heteroatoms. The van der Waals surface area contributed by atoms with Gasteiger partial charge in [0.15, 0.2) is 17.5 Å². The number of thioether (sulfide) groups is 1. The Morgan fingerprint density at radius 3 is 2.67 bits per heavy atom. The molecule has 3 aromatic rings. The fourth-order valence-corrected chi connectivity index (χ4v) is 4.09. The van der Waals surface area contributed by atoms with Crippen LogP contribution in [0.2, 0.25) is 0 Å². The van der Waals surface area contributed by atoms with Crippen molar-refractivity contribution >= 4 is 23.4 Å². The molecule has 2 aromatic carbocycles. The molecule has 0 spiro atoms. The van der Waals surface area contributed by atoms with Crippen LogP contribution in [0.25, 0.3) is 11.4 Å². The minimum absolute atomic E-state index is 0.00187. The number of nitrogens with one attached hydrogen (secondary N) is 1. The molecule has 0 aliphatic carbocycles. The molecule has 2 heterocycles. The Morgan fingerprint density at radius 1 is 1.00 bits per heavy atom. The molecule has 0 fully saturated rings. The predicted octanol–water partition coefficient (Wildman–Crippen LogP) is 4.82. The molecule has 0 saturated heterocycles. The number of benzene rings is 2. The monoisotopic (exact) mass is 432 g/mol. The number of nitrogens with zero attached hydrogens (tertiary/aromatic N) is 3. The molecule has 0 saturated carbocycles. The third-order valence-electron chi connectivity index (χ3n) is 4.86. The molecule has 1 aliphatic heterocycles. The minimum atomic E-state index is -0.962. The van der Waals surface area contributed by atoms with Crippen molar-refractivity contribution in [2.45, 2.75) is 37.1 Å². The van der Waals surface area contributed by atoms with Gasteiger partial charge in [-0.1, -0.05) is 6.42 Å². The molecule has 1 N–H and O–H groups in total. The Bertz CT molecular complexity index is 1090.